The first-order valence-corrected chi connectivity index (χ1v) is 18.4. The van der Waals surface area contributed by atoms with Gasteiger partial charge in [-0.1, -0.05) is 17.7 Å². The first kappa shape index (κ1) is 41.1. The van der Waals surface area contributed by atoms with Crippen LogP contribution in [0.2, 0.25) is 5.02 Å². The van der Waals surface area contributed by atoms with Gasteiger partial charge in [-0.25, -0.2) is 4.79 Å². The Bertz CT molecular complexity index is 2110. The molecule has 1 atom stereocenters. The Kier molecular flexibility index (Phi) is 12.8. The number of ether oxygens (including phenoxy) is 4. The maximum Gasteiger partial charge on any atom is 0.437 e. The number of nitrogens with zero attached hydrogens (tertiary/aromatic N) is 5. The molecule has 0 fully saturated rings. The van der Waals surface area contributed by atoms with Crippen molar-refractivity contribution in [1.29, 1.82) is 0 Å². The molecule has 0 radical (unpaired) electrons. The van der Waals surface area contributed by atoms with Gasteiger partial charge in [0.2, 0.25) is 5.62 Å². The van der Waals surface area contributed by atoms with Crippen molar-refractivity contribution >= 4 is 29.4 Å². The number of amides is 1. The molecule has 16 heteroatoms. The minimum absolute atomic E-state index is 0.0332. The van der Waals surface area contributed by atoms with Gasteiger partial charge in [0, 0.05) is 49.7 Å². The summed E-state index contributed by atoms with van der Waals surface area (Å²) in [6.07, 6.45) is 0.740. The van der Waals surface area contributed by atoms with E-state index in [9.17, 15) is 27.6 Å². The van der Waals surface area contributed by atoms with E-state index in [1.54, 1.807) is 93.5 Å². The molecule has 1 aliphatic heterocycles. The van der Waals surface area contributed by atoms with Crippen LogP contribution in [0.3, 0.4) is 0 Å². The van der Waals surface area contributed by atoms with Crippen LogP contribution in [0.1, 0.15) is 81.1 Å². The molecule has 4 aromatic rings. The van der Waals surface area contributed by atoms with Crippen LogP contribution in [0.15, 0.2) is 53.9 Å². The summed E-state index contributed by atoms with van der Waals surface area (Å²) >= 11 is 6.41. The van der Waals surface area contributed by atoms with Crippen LogP contribution < -0.4 is 15.1 Å². The zero-order valence-electron chi connectivity index (χ0n) is 31.7. The van der Waals surface area contributed by atoms with Gasteiger partial charge >= 0.3 is 18.2 Å². The number of Topliss-reactive ketones (excluding diaryl/α,β-unsaturated/α-hetero) is 1. The number of hydrogen-bond donors (Lipinski definition) is 0. The van der Waals surface area contributed by atoms with E-state index in [4.69, 9.17) is 30.5 Å². The molecule has 5 rings (SSSR count). The van der Waals surface area contributed by atoms with Gasteiger partial charge in [0.05, 0.1) is 42.9 Å². The largest absolute Gasteiger partial charge is 0.492 e. The molecular formula is C39H45ClF3N5O7. The van der Waals surface area contributed by atoms with Gasteiger partial charge in [0.1, 0.15) is 17.1 Å². The van der Waals surface area contributed by atoms with Crippen LogP contribution in [-0.2, 0) is 47.0 Å². The van der Waals surface area contributed by atoms with E-state index in [0.717, 1.165) is 5.56 Å². The lowest BCUT2D eigenvalue weighted by molar-refractivity contribution is -0.143. The number of aryl methyl sites for hydroxylation is 2. The number of imidazole rings is 1. The van der Waals surface area contributed by atoms with Gasteiger partial charge in [-0.15, -0.1) is 4.99 Å². The number of fused-ring (bicyclic) bond motifs is 1. The molecule has 0 N–H and O–H groups in total. The Morgan fingerprint density at radius 1 is 1.04 bits per heavy atom. The smallest absolute Gasteiger partial charge is 0.437 e. The van der Waals surface area contributed by atoms with Crippen LogP contribution >= 0.6 is 11.6 Å². The fourth-order valence-electron chi connectivity index (χ4n) is 6.14. The van der Waals surface area contributed by atoms with Crippen LogP contribution in [-0.4, -0.2) is 62.2 Å². The standard InChI is InChI=1S/C39H45ClF3N5O7/c1-7-48-22-29(35(45-48)39(41,42)43)27-18-25(21-47-15-14-46(6)36(47)44-37(51)55-38(3,4)5)19-28-33(50)26(23-54-34(27)28)17-24-12-13-30(40)31(20-24)53-16-10-9-11-32(49)52-8-2/h12-15,18-20,22,26H,7-11,16-17,21,23H2,1-6H3. The van der Waals surface area contributed by atoms with Crippen molar-refractivity contribution in [2.75, 3.05) is 19.8 Å². The summed E-state index contributed by atoms with van der Waals surface area (Å²) in [6, 6.07) is 8.34. The molecule has 1 unspecified atom stereocenters. The number of aromatic nitrogens is 4. The van der Waals surface area contributed by atoms with Crippen molar-refractivity contribution in [2.24, 2.45) is 18.0 Å². The minimum atomic E-state index is -4.79. The minimum Gasteiger partial charge on any atom is -0.492 e. The number of carbonyl (C=O) groups is 3. The Hall–Kier alpha value is -5.05. The number of benzene rings is 2. The van der Waals surface area contributed by atoms with E-state index in [0.29, 0.717) is 42.4 Å². The second-order valence-electron chi connectivity index (χ2n) is 14.1. The molecule has 296 valence electrons. The number of esters is 1. The second-order valence-corrected chi connectivity index (χ2v) is 14.6. The molecule has 2 aromatic heterocycles. The number of unbranched alkanes of at least 4 members (excludes halogenated alkanes) is 1. The van der Waals surface area contributed by atoms with E-state index in [2.05, 4.69) is 10.1 Å². The van der Waals surface area contributed by atoms with Gasteiger partial charge in [0.15, 0.2) is 11.5 Å². The average molecular weight is 788 g/mol. The van der Waals surface area contributed by atoms with Gasteiger partial charge < -0.3 is 28.1 Å². The fraction of sp³-hybridized carbons (Fsp3) is 0.462. The maximum atomic E-state index is 14.4. The molecule has 0 aliphatic carbocycles. The Morgan fingerprint density at radius 2 is 1.78 bits per heavy atom. The third-order valence-corrected chi connectivity index (χ3v) is 8.97. The van der Waals surface area contributed by atoms with Crippen LogP contribution in [0.4, 0.5) is 18.0 Å². The number of hydrogen-bond acceptors (Lipinski definition) is 8. The Labute approximate surface area is 321 Å². The first-order valence-electron chi connectivity index (χ1n) is 18.0. The van der Waals surface area contributed by atoms with Crippen LogP contribution in [0, 0.1) is 5.92 Å². The number of halogens is 4. The molecule has 2 aromatic carbocycles. The quantitative estimate of drug-likeness (QED) is 0.0992. The molecule has 1 amide bonds. The highest BCUT2D eigenvalue weighted by atomic mass is 35.5. The fourth-order valence-corrected chi connectivity index (χ4v) is 6.31. The van der Waals surface area contributed by atoms with Gasteiger partial charge in [-0.05, 0) is 89.3 Å². The van der Waals surface area contributed by atoms with Gasteiger partial charge in [0.25, 0.3) is 0 Å². The summed E-state index contributed by atoms with van der Waals surface area (Å²) < 4.78 is 70.0. The maximum absolute atomic E-state index is 14.4. The Morgan fingerprint density at radius 3 is 2.47 bits per heavy atom. The van der Waals surface area contributed by atoms with E-state index < -0.39 is 29.5 Å². The van der Waals surface area contributed by atoms with Gasteiger partial charge in [-0.2, -0.15) is 18.3 Å². The van der Waals surface area contributed by atoms with Crippen LogP contribution in [0.5, 0.6) is 11.5 Å². The lowest BCUT2D eigenvalue weighted by atomic mass is 9.86. The van der Waals surface area contributed by atoms with Crippen molar-refractivity contribution in [2.45, 2.75) is 85.2 Å². The Balaban J connectivity index is 1.47. The normalized spacial score (nSPS) is 14.8. The third-order valence-electron chi connectivity index (χ3n) is 8.65. The molecule has 1 aliphatic rings. The summed E-state index contributed by atoms with van der Waals surface area (Å²) in [5.41, 5.74) is -0.494. The van der Waals surface area contributed by atoms with E-state index in [-0.39, 0.29) is 72.3 Å². The zero-order valence-corrected chi connectivity index (χ0v) is 32.4. The van der Waals surface area contributed by atoms with Gasteiger partial charge in [-0.3, -0.25) is 14.3 Å². The van der Waals surface area contributed by atoms with Crippen molar-refractivity contribution in [3.05, 3.63) is 81.9 Å². The summed E-state index contributed by atoms with van der Waals surface area (Å²) in [5.74, 6) is -0.808. The highest BCUT2D eigenvalue weighted by Crippen LogP contribution is 2.44. The molecule has 0 spiro atoms. The predicted molar refractivity (Wildman–Crippen MR) is 197 cm³/mol. The number of carbonyl (C=O) groups excluding carboxylic acids is 3. The number of alkyl halides is 3. The third kappa shape index (κ3) is 10.4. The highest BCUT2D eigenvalue weighted by Gasteiger charge is 2.40. The van der Waals surface area contributed by atoms with Crippen LogP contribution in [0.25, 0.3) is 11.1 Å². The van der Waals surface area contributed by atoms with E-state index >= 15 is 0 Å². The van der Waals surface area contributed by atoms with E-state index in [1.165, 1.54) is 10.9 Å². The molecule has 0 bridgehead atoms. The molecule has 55 heavy (non-hydrogen) atoms. The predicted octanol–water partition coefficient (Wildman–Crippen LogP) is 7.81. The summed E-state index contributed by atoms with van der Waals surface area (Å²) in [4.78, 5) is 42.7. The highest BCUT2D eigenvalue weighted by molar-refractivity contribution is 6.32. The summed E-state index contributed by atoms with van der Waals surface area (Å²) in [7, 11) is 1.69. The molecule has 3 heterocycles. The van der Waals surface area contributed by atoms with Crippen molar-refractivity contribution < 1.29 is 46.5 Å². The lowest BCUT2D eigenvalue weighted by Crippen LogP contribution is -2.31. The number of ketones is 1. The monoisotopic (exact) mass is 787 g/mol. The molecular weight excluding hydrogens is 743 g/mol. The first-order chi connectivity index (χ1) is 26.0. The second kappa shape index (κ2) is 17.2. The molecule has 12 nitrogen and oxygen atoms in total. The molecule has 0 saturated carbocycles. The molecule has 0 saturated heterocycles. The zero-order chi connectivity index (χ0) is 40.1. The van der Waals surface area contributed by atoms with E-state index in [1.807, 2.05) is 0 Å². The van der Waals surface area contributed by atoms with Crippen molar-refractivity contribution in [1.82, 2.24) is 18.9 Å². The van der Waals surface area contributed by atoms with Crippen molar-refractivity contribution in [3.63, 3.8) is 0 Å². The average Bonchev–Trinajstić information content (AvgIpc) is 3.70. The summed E-state index contributed by atoms with van der Waals surface area (Å²) in [6.45, 7) is 9.36. The SMILES string of the molecule is CCOC(=O)CCCCOc1cc(CC2COc3c(cc(Cn4ccn(C)c4=NC(=O)OC(C)(C)C)cc3-c3cn(CC)nc3C(F)(F)F)C2=O)ccc1Cl. The lowest BCUT2D eigenvalue weighted by Gasteiger charge is -2.27. The topological polar surface area (TPSA) is 128 Å². The number of rotatable bonds is 13. The summed E-state index contributed by atoms with van der Waals surface area (Å²) in [5, 5.41) is 4.18. The van der Waals surface area contributed by atoms with Crippen molar-refractivity contribution in [3.8, 4) is 22.6 Å².